The van der Waals surface area contributed by atoms with Crippen LogP contribution in [0.3, 0.4) is 0 Å². The third-order valence-corrected chi connectivity index (χ3v) is 7.33. The number of rotatable bonds is 6. The first kappa shape index (κ1) is 24.9. The van der Waals surface area contributed by atoms with Crippen LogP contribution in [0.5, 0.6) is 0 Å². The van der Waals surface area contributed by atoms with Gasteiger partial charge in [-0.15, -0.1) is 10.2 Å². The fourth-order valence-corrected chi connectivity index (χ4v) is 5.04. The van der Waals surface area contributed by atoms with Crippen molar-refractivity contribution in [3.63, 3.8) is 0 Å². The maximum absolute atomic E-state index is 14.2. The molecule has 5 nitrogen and oxygen atoms in total. The number of benzene rings is 3. The summed E-state index contributed by atoms with van der Waals surface area (Å²) in [5, 5.41) is 8.67. The highest BCUT2D eigenvalue weighted by molar-refractivity contribution is 7.98. The second-order valence-electron chi connectivity index (χ2n) is 8.51. The molecule has 5 aromatic rings. The molecule has 0 amide bonds. The first-order chi connectivity index (χ1) is 17.7. The summed E-state index contributed by atoms with van der Waals surface area (Å²) >= 11 is 0.733. The molecular formula is C26H19F5N4OS. The second kappa shape index (κ2) is 9.62. The molecule has 2 heterocycles. The summed E-state index contributed by atoms with van der Waals surface area (Å²) < 4.78 is 72.1. The maximum atomic E-state index is 14.2. The number of halogens is 5. The molecule has 11 heteroatoms. The van der Waals surface area contributed by atoms with Gasteiger partial charge in [0.2, 0.25) is 11.6 Å². The van der Waals surface area contributed by atoms with Crippen LogP contribution in [-0.4, -0.2) is 19.2 Å². The predicted molar refractivity (Wildman–Crippen MR) is 131 cm³/mol. The highest BCUT2D eigenvalue weighted by Gasteiger charge is 2.26. The number of nitrogens with zero attached hydrogens (tertiary/aromatic N) is 4. The summed E-state index contributed by atoms with van der Waals surface area (Å²) in [5.41, 5.74) is 0.757. The zero-order valence-electron chi connectivity index (χ0n) is 19.6. The molecular weight excluding hydrogens is 511 g/mol. The van der Waals surface area contributed by atoms with Gasteiger partial charge in [0, 0.05) is 11.3 Å². The fourth-order valence-electron chi connectivity index (χ4n) is 4.11. The Bertz CT molecular complexity index is 1690. The van der Waals surface area contributed by atoms with Crippen LogP contribution in [0, 0.1) is 29.1 Å². The van der Waals surface area contributed by atoms with Crippen molar-refractivity contribution in [1.82, 2.24) is 19.2 Å². The summed E-state index contributed by atoms with van der Waals surface area (Å²) in [6, 6.07) is 14.1. The van der Waals surface area contributed by atoms with Crippen LogP contribution >= 0.6 is 11.8 Å². The second-order valence-corrected chi connectivity index (χ2v) is 9.46. The average molecular weight is 531 g/mol. The molecule has 0 bridgehead atoms. The van der Waals surface area contributed by atoms with E-state index in [2.05, 4.69) is 24.0 Å². The number of fused-ring (bicyclic) bond motifs is 3. The van der Waals surface area contributed by atoms with Crippen molar-refractivity contribution in [2.75, 3.05) is 0 Å². The molecule has 3 aromatic carbocycles. The molecule has 0 spiro atoms. The molecule has 1 atom stereocenters. The maximum Gasteiger partial charge on any atom is 0.267 e. The number of thioether (sulfide) groups is 1. The molecule has 0 N–H and O–H groups in total. The summed E-state index contributed by atoms with van der Waals surface area (Å²) in [7, 11) is 0. The molecule has 5 rings (SSSR count). The molecule has 0 radical (unpaired) electrons. The molecule has 0 aliphatic rings. The van der Waals surface area contributed by atoms with Gasteiger partial charge < -0.3 is 0 Å². The van der Waals surface area contributed by atoms with Crippen molar-refractivity contribution < 1.29 is 22.0 Å². The van der Waals surface area contributed by atoms with E-state index in [1.807, 2.05) is 12.1 Å². The molecule has 0 aliphatic heterocycles. The Morgan fingerprint density at radius 1 is 0.865 bits per heavy atom. The quantitative estimate of drug-likeness (QED) is 0.108. The zero-order chi connectivity index (χ0) is 26.4. The molecule has 0 saturated heterocycles. The lowest BCUT2D eigenvalue weighted by Gasteiger charge is -2.13. The number of aromatic nitrogens is 4. The van der Waals surface area contributed by atoms with Gasteiger partial charge in [0.1, 0.15) is 0 Å². The summed E-state index contributed by atoms with van der Waals surface area (Å²) in [6.07, 6.45) is 0.952. The van der Waals surface area contributed by atoms with Gasteiger partial charge in [0.05, 0.1) is 16.6 Å². The zero-order valence-corrected chi connectivity index (χ0v) is 20.4. The van der Waals surface area contributed by atoms with Gasteiger partial charge in [0.15, 0.2) is 28.4 Å². The third kappa shape index (κ3) is 4.07. The number of para-hydroxylation sites is 1. The Hall–Kier alpha value is -3.73. The summed E-state index contributed by atoms with van der Waals surface area (Å²) in [4.78, 5) is 13.5. The molecule has 0 fully saturated rings. The van der Waals surface area contributed by atoms with Crippen molar-refractivity contribution in [2.45, 2.75) is 37.1 Å². The van der Waals surface area contributed by atoms with Crippen LogP contribution in [-0.2, 0) is 5.75 Å². The molecule has 37 heavy (non-hydrogen) atoms. The Balaban J connectivity index is 1.66. The number of hydrogen-bond acceptors (Lipinski definition) is 4. The van der Waals surface area contributed by atoms with E-state index in [4.69, 9.17) is 0 Å². The first-order valence-electron chi connectivity index (χ1n) is 11.4. The minimum absolute atomic E-state index is 0.111. The molecule has 0 unspecified atom stereocenters. The lowest BCUT2D eigenvalue weighted by Crippen LogP contribution is -2.21. The molecule has 0 saturated carbocycles. The van der Waals surface area contributed by atoms with Gasteiger partial charge in [0.25, 0.3) is 5.56 Å². The SMILES string of the molecule is CC[C@@H](C)c1ccc(-n2c(=O)c3ccccc3n3c(SCc4c(F)c(F)c(F)c(F)c4F)nnc23)cc1. The predicted octanol–water partition coefficient (Wildman–Crippen LogP) is 6.53. The smallest absolute Gasteiger partial charge is 0.267 e. The van der Waals surface area contributed by atoms with Gasteiger partial charge in [-0.2, -0.15) is 0 Å². The van der Waals surface area contributed by atoms with Crippen LogP contribution in [0.2, 0.25) is 0 Å². The lowest BCUT2D eigenvalue weighted by atomic mass is 9.98. The van der Waals surface area contributed by atoms with Crippen LogP contribution in [0.1, 0.15) is 37.3 Å². The fraction of sp³-hybridized carbons (Fsp3) is 0.192. The van der Waals surface area contributed by atoms with Crippen molar-refractivity contribution in [3.05, 3.63) is 99.1 Å². The Morgan fingerprint density at radius 3 is 2.14 bits per heavy atom. The van der Waals surface area contributed by atoms with E-state index >= 15 is 0 Å². The van der Waals surface area contributed by atoms with Crippen LogP contribution in [0.25, 0.3) is 22.4 Å². The van der Waals surface area contributed by atoms with E-state index in [0.717, 1.165) is 23.7 Å². The monoisotopic (exact) mass is 530 g/mol. The normalized spacial score (nSPS) is 12.5. The Kier molecular flexibility index (Phi) is 6.49. The first-order valence-corrected chi connectivity index (χ1v) is 12.3. The van der Waals surface area contributed by atoms with E-state index in [-0.39, 0.29) is 16.5 Å². The van der Waals surface area contributed by atoms with Gasteiger partial charge in [-0.1, -0.05) is 49.9 Å². The van der Waals surface area contributed by atoms with E-state index in [0.29, 0.717) is 22.5 Å². The van der Waals surface area contributed by atoms with Gasteiger partial charge in [-0.3, -0.25) is 9.20 Å². The Labute approximate surface area is 211 Å². The van der Waals surface area contributed by atoms with Crippen LogP contribution in [0.4, 0.5) is 22.0 Å². The van der Waals surface area contributed by atoms with Crippen molar-refractivity contribution in [3.8, 4) is 5.69 Å². The van der Waals surface area contributed by atoms with Gasteiger partial charge in [-0.25, -0.2) is 26.5 Å². The van der Waals surface area contributed by atoms with Gasteiger partial charge >= 0.3 is 0 Å². The Morgan fingerprint density at radius 2 is 1.49 bits per heavy atom. The molecule has 2 aromatic heterocycles. The van der Waals surface area contributed by atoms with Crippen LogP contribution < -0.4 is 5.56 Å². The van der Waals surface area contributed by atoms with Crippen molar-refractivity contribution in [1.29, 1.82) is 0 Å². The number of hydrogen-bond donors (Lipinski definition) is 0. The van der Waals surface area contributed by atoms with E-state index < -0.39 is 40.4 Å². The standard InChI is InChI=1S/C26H19F5N4OS/c1-3-13(2)14-8-10-15(11-9-14)34-24(36)16-6-4-5-7-18(16)35-25(34)32-33-26(35)37-12-17-19(27)21(29)23(31)22(30)20(17)28/h4-11,13H,3,12H2,1-2H3/t13-/m1/s1. The van der Waals surface area contributed by atoms with Crippen molar-refractivity contribution in [2.24, 2.45) is 0 Å². The molecule has 0 aliphatic carbocycles. The van der Waals surface area contributed by atoms with E-state index in [1.165, 1.54) is 8.97 Å². The topological polar surface area (TPSA) is 52.2 Å². The summed E-state index contributed by atoms with van der Waals surface area (Å²) in [5.74, 6) is -10.2. The average Bonchev–Trinajstić information content (AvgIpc) is 3.34. The highest BCUT2D eigenvalue weighted by atomic mass is 32.2. The lowest BCUT2D eigenvalue weighted by molar-refractivity contribution is 0.372. The van der Waals surface area contributed by atoms with Gasteiger partial charge in [-0.05, 0) is 42.2 Å². The van der Waals surface area contributed by atoms with Crippen LogP contribution in [0.15, 0.2) is 58.5 Å². The van der Waals surface area contributed by atoms with E-state index in [1.54, 1.807) is 36.4 Å². The minimum Gasteiger partial charge on any atom is -0.268 e. The highest BCUT2D eigenvalue weighted by Crippen LogP contribution is 2.30. The third-order valence-electron chi connectivity index (χ3n) is 6.37. The van der Waals surface area contributed by atoms with E-state index in [9.17, 15) is 26.7 Å². The minimum atomic E-state index is -2.22. The largest absolute Gasteiger partial charge is 0.268 e. The summed E-state index contributed by atoms with van der Waals surface area (Å²) in [6.45, 7) is 4.18. The molecule has 190 valence electrons. The van der Waals surface area contributed by atoms with Crippen molar-refractivity contribution >= 4 is 28.4 Å².